The molecule has 0 radical (unpaired) electrons. The van der Waals surface area contributed by atoms with Crippen LogP contribution in [0.25, 0.3) is 0 Å². The van der Waals surface area contributed by atoms with Crippen molar-refractivity contribution in [3.8, 4) is 0 Å². The lowest BCUT2D eigenvalue weighted by atomic mass is 9.77. The van der Waals surface area contributed by atoms with Crippen molar-refractivity contribution in [2.75, 3.05) is 13.7 Å². The summed E-state index contributed by atoms with van der Waals surface area (Å²) in [6, 6.07) is 0. The summed E-state index contributed by atoms with van der Waals surface area (Å²) in [5, 5.41) is 8.69. The average Bonchev–Trinajstić information content (AvgIpc) is 2.36. The van der Waals surface area contributed by atoms with E-state index < -0.39 is 5.97 Å². The summed E-state index contributed by atoms with van der Waals surface area (Å²) in [4.78, 5) is 22.5. The van der Waals surface area contributed by atoms with Crippen LogP contribution in [0.3, 0.4) is 0 Å². The largest absolute Gasteiger partial charge is 0.478 e. The van der Waals surface area contributed by atoms with Crippen molar-refractivity contribution in [3.05, 3.63) is 12.2 Å². The Morgan fingerprint density at radius 1 is 1.39 bits per heavy atom. The molecule has 1 N–H and O–H groups in total. The molecule has 0 aromatic heterocycles. The SMILES string of the molecule is CCOC(=O)[C@@H]1CCCC(OC)[C@H]1/C=C/C(=O)O. The number of rotatable bonds is 5. The fourth-order valence-electron chi connectivity index (χ4n) is 2.43. The van der Waals surface area contributed by atoms with Gasteiger partial charge in [0.25, 0.3) is 0 Å². The Balaban J connectivity index is 2.83. The maximum Gasteiger partial charge on any atom is 0.327 e. The van der Waals surface area contributed by atoms with Crippen molar-refractivity contribution in [1.29, 1.82) is 0 Å². The zero-order valence-electron chi connectivity index (χ0n) is 10.8. The Morgan fingerprint density at radius 3 is 2.67 bits per heavy atom. The van der Waals surface area contributed by atoms with Crippen LogP contribution in [0.4, 0.5) is 0 Å². The van der Waals surface area contributed by atoms with Crippen LogP contribution in [0, 0.1) is 11.8 Å². The van der Waals surface area contributed by atoms with Crippen LogP contribution in [0.1, 0.15) is 26.2 Å². The predicted molar refractivity (Wildman–Crippen MR) is 65.0 cm³/mol. The van der Waals surface area contributed by atoms with Gasteiger partial charge in [-0.15, -0.1) is 0 Å². The number of carboxylic acids is 1. The van der Waals surface area contributed by atoms with E-state index in [2.05, 4.69) is 0 Å². The van der Waals surface area contributed by atoms with Gasteiger partial charge in [0.15, 0.2) is 0 Å². The molecule has 1 unspecified atom stereocenters. The van der Waals surface area contributed by atoms with Crippen molar-refractivity contribution in [3.63, 3.8) is 0 Å². The second kappa shape index (κ2) is 7.16. The maximum atomic E-state index is 11.9. The molecule has 0 saturated heterocycles. The molecule has 1 saturated carbocycles. The minimum absolute atomic E-state index is 0.122. The zero-order valence-corrected chi connectivity index (χ0v) is 10.8. The number of hydrogen-bond acceptors (Lipinski definition) is 4. The van der Waals surface area contributed by atoms with E-state index in [-0.39, 0.29) is 23.9 Å². The molecule has 0 aromatic rings. The Morgan fingerprint density at radius 2 is 2.11 bits per heavy atom. The number of carbonyl (C=O) groups is 2. The normalized spacial score (nSPS) is 28.2. The Kier molecular flexibility index (Phi) is 5.85. The fourth-order valence-corrected chi connectivity index (χ4v) is 2.43. The topological polar surface area (TPSA) is 72.8 Å². The molecular weight excluding hydrogens is 236 g/mol. The van der Waals surface area contributed by atoms with Gasteiger partial charge >= 0.3 is 11.9 Å². The van der Waals surface area contributed by atoms with Gasteiger partial charge in [0.2, 0.25) is 0 Å². The molecule has 0 heterocycles. The molecule has 1 fully saturated rings. The summed E-state index contributed by atoms with van der Waals surface area (Å²) in [5.74, 6) is -1.81. The van der Waals surface area contributed by atoms with Gasteiger partial charge in [-0.05, 0) is 26.2 Å². The van der Waals surface area contributed by atoms with Gasteiger partial charge in [-0.2, -0.15) is 0 Å². The van der Waals surface area contributed by atoms with E-state index >= 15 is 0 Å². The van der Waals surface area contributed by atoms with Crippen molar-refractivity contribution in [1.82, 2.24) is 0 Å². The van der Waals surface area contributed by atoms with Crippen LogP contribution in [0.15, 0.2) is 12.2 Å². The molecule has 102 valence electrons. The van der Waals surface area contributed by atoms with Gasteiger partial charge in [0, 0.05) is 19.1 Å². The molecule has 3 atom stereocenters. The maximum absolute atomic E-state index is 11.9. The number of methoxy groups -OCH3 is 1. The Labute approximate surface area is 107 Å². The number of hydrogen-bond donors (Lipinski definition) is 1. The van der Waals surface area contributed by atoms with Gasteiger partial charge in [-0.1, -0.05) is 6.08 Å². The molecule has 18 heavy (non-hydrogen) atoms. The third kappa shape index (κ3) is 3.84. The molecule has 5 nitrogen and oxygen atoms in total. The van der Waals surface area contributed by atoms with Crippen LogP contribution in [0.2, 0.25) is 0 Å². The van der Waals surface area contributed by atoms with Gasteiger partial charge < -0.3 is 14.6 Å². The van der Waals surface area contributed by atoms with Gasteiger partial charge in [-0.3, -0.25) is 4.79 Å². The predicted octanol–water partition coefficient (Wildman–Crippen LogP) is 1.62. The monoisotopic (exact) mass is 256 g/mol. The first-order chi connectivity index (χ1) is 8.60. The van der Waals surface area contributed by atoms with Crippen LogP contribution >= 0.6 is 0 Å². The van der Waals surface area contributed by atoms with Crippen molar-refractivity contribution >= 4 is 11.9 Å². The fraction of sp³-hybridized carbons (Fsp3) is 0.692. The van der Waals surface area contributed by atoms with Gasteiger partial charge in [0.05, 0.1) is 18.6 Å². The van der Waals surface area contributed by atoms with Crippen LogP contribution < -0.4 is 0 Å². The summed E-state index contributed by atoms with van der Waals surface area (Å²) in [6.45, 7) is 2.10. The first-order valence-corrected chi connectivity index (χ1v) is 6.20. The van der Waals surface area contributed by atoms with Gasteiger partial charge in [-0.25, -0.2) is 4.79 Å². The molecular formula is C13H20O5. The molecule has 5 heteroatoms. The second-order valence-electron chi connectivity index (χ2n) is 4.34. The third-order valence-corrected chi connectivity index (χ3v) is 3.25. The highest BCUT2D eigenvalue weighted by molar-refractivity contribution is 5.80. The summed E-state index contributed by atoms with van der Waals surface area (Å²) in [6.07, 6.45) is 4.95. The number of carbonyl (C=O) groups excluding carboxylic acids is 1. The van der Waals surface area contributed by atoms with E-state index in [1.165, 1.54) is 0 Å². The number of aliphatic carboxylic acids is 1. The summed E-state index contributed by atoms with van der Waals surface area (Å²) in [7, 11) is 1.58. The van der Waals surface area contributed by atoms with Crippen molar-refractivity contribution < 1.29 is 24.2 Å². The number of carboxylic acid groups (broad SMARTS) is 1. The average molecular weight is 256 g/mol. The number of ether oxygens (including phenoxy) is 2. The Bertz CT molecular complexity index is 323. The minimum Gasteiger partial charge on any atom is -0.478 e. The zero-order chi connectivity index (χ0) is 13.5. The molecule has 1 rings (SSSR count). The molecule has 0 aliphatic heterocycles. The van der Waals surface area contributed by atoms with Gasteiger partial charge in [0.1, 0.15) is 0 Å². The lowest BCUT2D eigenvalue weighted by molar-refractivity contribution is -0.153. The van der Waals surface area contributed by atoms with Crippen molar-refractivity contribution in [2.24, 2.45) is 11.8 Å². The lowest BCUT2D eigenvalue weighted by Crippen LogP contribution is -2.37. The molecule has 0 amide bonds. The van der Waals surface area contributed by atoms with Crippen molar-refractivity contribution in [2.45, 2.75) is 32.3 Å². The third-order valence-electron chi connectivity index (χ3n) is 3.25. The van der Waals surface area contributed by atoms with Crippen LogP contribution in [-0.2, 0) is 19.1 Å². The standard InChI is InChI=1S/C13H20O5/c1-3-18-13(16)10-5-4-6-11(17-2)9(10)7-8-12(14)15/h7-11H,3-6H2,1-2H3,(H,14,15)/b8-7+/t9-,10+,11?/m0/s1. The van der Waals surface area contributed by atoms with E-state index in [1.54, 1.807) is 20.1 Å². The van der Waals surface area contributed by atoms with E-state index in [9.17, 15) is 9.59 Å². The first-order valence-electron chi connectivity index (χ1n) is 6.20. The molecule has 1 aliphatic rings. The molecule has 0 spiro atoms. The van der Waals surface area contributed by atoms with Crippen LogP contribution in [-0.4, -0.2) is 36.9 Å². The quantitative estimate of drug-likeness (QED) is 0.597. The summed E-state index contributed by atoms with van der Waals surface area (Å²) < 4.78 is 10.4. The second-order valence-corrected chi connectivity index (χ2v) is 4.34. The van der Waals surface area contributed by atoms with Crippen LogP contribution in [0.5, 0.6) is 0 Å². The van der Waals surface area contributed by atoms with E-state index in [0.717, 1.165) is 18.9 Å². The molecule has 0 bridgehead atoms. The highest BCUT2D eigenvalue weighted by atomic mass is 16.5. The van der Waals surface area contributed by atoms with E-state index in [4.69, 9.17) is 14.6 Å². The lowest BCUT2D eigenvalue weighted by Gasteiger charge is -2.34. The first kappa shape index (κ1) is 14.7. The number of esters is 1. The highest BCUT2D eigenvalue weighted by Crippen LogP contribution is 2.34. The van der Waals surface area contributed by atoms with E-state index in [0.29, 0.717) is 13.0 Å². The smallest absolute Gasteiger partial charge is 0.327 e. The molecule has 1 aliphatic carbocycles. The summed E-state index contributed by atoms with van der Waals surface area (Å²) in [5.41, 5.74) is 0. The minimum atomic E-state index is -1.02. The Hall–Kier alpha value is -1.36. The summed E-state index contributed by atoms with van der Waals surface area (Å²) >= 11 is 0. The van der Waals surface area contributed by atoms with E-state index in [1.807, 2.05) is 0 Å². The molecule has 0 aromatic carbocycles. The highest BCUT2D eigenvalue weighted by Gasteiger charge is 2.37.